The predicted molar refractivity (Wildman–Crippen MR) is 221 cm³/mol. The largest absolute Gasteiger partial charge is 0.436 e. The maximum atomic E-state index is 6.19. The molecule has 0 spiro atoms. The Bertz CT molecular complexity index is 2770. The molecule has 9 aromatic rings. The third-order valence-corrected chi connectivity index (χ3v) is 11.0. The van der Waals surface area contributed by atoms with Crippen molar-refractivity contribution < 1.29 is 4.42 Å². The van der Waals surface area contributed by atoms with Gasteiger partial charge in [-0.05, 0) is 105 Å². The van der Waals surface area contributed by atoms with Gasteiger partial charge in [0.1, 0.15) is 11.1 Å². The third-order valence-electron chi connectivity index (χ3n) is 11.0. The fourth-order valence-corrected chi connectivity index (χ4v) is 8.61. The van der Waals surface area contributed by atoms with E-state index in [1.807, 2.05) is 30.3 Å². The van der Waals surface area contributed by atoms with Gasteiger partial charge in [0.05, 0.1) is 16.4 Å². The average Bonchev–Trinajstić information content (AvgIpc) is 3.50. The number of aromatic nitrogens is 2. The highest BCUT2D eigenvalue weighted by Crippen LogP contribution is 2.36. The molecule has 0 fully saturated rings. The Balaban J connectivity index is 1.13. The SMILES string of the molecule is Cc1cccc(C)c1B(c1c(C)cccc1C)c1c(C)cc(-c2cccc(-c3ccc4c(ccc5oc6nc7ccccc7nc6c54)c3)c2)cc1C. The number of rotatable bonds is 5. The quantitative estimate of drug-likeness (QED) is 0.171. The molecule has 0 N–H and O–H groups in total. The van der Waals surface area contributed by atoms with Gasteiger partial charge in [-0.1, -0.05) is 147 Å². The van der Waals surface area contributed by atoms with Crippen LogP contribution in [-0.2, 0) is 0 Å². The zero-order chi connectivity index (χ0) is 35.7. The molecule has 0 aliphatic rings. The van der Waals surface area contributed by atoms with Crippen molar-refractivity contribution >= 4 is 67.1 Å². The van der Waals surface area contributed by atoms with E-state index < -0.39 is 0 Å². The molecule has 2 aromatic heterocycles. The first-order valence-corrected chi connectivity index (χ1v) is 18.1. The van der Waals surface area contributed by atoms with Gasteiger partial charge < -0.3 is 4.42 Å². The first-order chi connectivity index (χ1) is 25.2. The number of fused-ring (bicyclic) bond motifs is 6. The van der Waals surface area contributed by atoms with Gasteiger partial charge in [-0.2, -0.15) is 0 Å². The van der Waals surface area contributed by atoms with Crippen LogP contribution in [0.2, 0.25) is 0 Å². The van der Waals surface area contributed by atoms with Crippen molar-refractivity contribution in [2.45, 2.75) is 41.5 Å². The minimum Gasteiger partial charge on any atom is -0.436 e. The summed E-state index contributed by atoms with van der Waals surface area (Å²) < 4.78 is 6.19. The highest BCUT2D eigenvalue weighted by Gasteiger charge is 2.30. The molecule has 0 amide bonds. The molecule has 0 saturated carbocycles. The number of hydrogen-bond acceptors (Lipinski definition) is 3. The van der Waals surface area contributed by atoms with Gasteiger partial charge in [0.15, 0.2) is 0 Å². The second-order valence-electron chi connectivity index (χ2n) is 14.5. The van der Waals surface area contributed by atoms with E-state index in [1.54, 1.807) is 0 Å². The number of benzene rings is 7. The summed E-state index contributed by atoms with van der Waals surface area (Å²) in [5.41, 5.74) is 20.9. The zero-order valence-corrected chi connectivity index (χ0v) is 30.5. The van der Waals surface area contributed by atoms with E-state index in [9.17, 15) is 0 Å². The fourth-order valence-electron chi connectivity index (χ4n) is 8.61. The molecular formula is C48H39BN2O. The van der Waals surface area contributed by atoms with Crippen molar-refractivity contribution in [2.75, 3.05) is 0 Å². The molecular weight excluding hydrogens is 631 g/mol. The molecule has 0 unspecified atom stereocenters. The van der Waals surface area contributed by atoms with E-state index in [0.29, 0.717) is 5.71 Å². The van der Waals surface area contributed by atoms with Crippen LogP contribution in [0, 0.1) is 41.5 Å². The summed E-state index contributed by atoms with van der Waals surface area (Å²) >= 11 is 0. The summed E-state index contributed by atoms with van der Waals surface area (Å²) in [5.74, 6) is 0. The van der Waals surface area contributed by atoms with Crippen LogP contribution in [0.5, 0.6) is 0 Å². The lowest BCUT2D eigenvalue weighted by Gasteiger charge is -2.27. The van der Waals surface area contributed by atoms with Crippen LogP contribution in [-0.4, -0.2) is 16.7 Å². The van der Waals surface area contributed by atoms with Crippen molar-refractivity contribution in [2.24, 2.45) is 0 Å². The maximum absolute atomic E-state index is 6.19. The normalized spacial score (nSPS) is 11.7. The molecule has 9 rings (SSSR count). The molecule has 3 nitrogen and oxygen atoms in total. The summed E-state index contributed by atoms with van der Waals surface area (Å²) in [5, 5.41) is 3.27. The highest BCUT2D eigenvalue weighted by molar-refractivity contribution is 6.97. The van der Waals surface area contributed by atoms with Crippen molar-refractivity contribution in [1.29, 1.82) is 0 Å². The highest BCUT2D eigenvalue weighted by atomic mass is 16.3. The van der Waals surface area contributed by atoms with E-state index in [1.165, 1.54) is 72.0 Å². The van der Waals surface area contributed by atoms with Crippen molar-refractivity contribution in [1.82, 2.24) is 9.97 Å². The Morgan fingerprint density at radius 2 is 0.981 bits per heavy atom. The molecule has 0 aliphatic carbocycles. The van der Waals surface area contributed by atoms with Gasteiger partial charge in [0, 0.05) is 0 Å². The van der Waals surface area contributed by atoms with Crippen LogP contribution >= 0.6 is 0 Å². The molecule has 0 radical (unpaired) electrons. The van der Waals surface area contributed by atoms with Crippen LogP contribution in [0.3, 0.4) is 0 Å². The molecule has 52 heavy (non-hydrogen) atoms. The Kier molecular flexibility index (Phi) is 7.59. The van der Waals surface area contributed by atoms with Crippen LogP contribution in [0.4, 0.5) is 0 Å². The minimum absolute atomic E-state index is 0.156. The maximum Gasteiger partial charge on any atom is 0.246 e. The molecule has 4 heteroatoms. The molecule has 0 atom stereocenters. The topological polar surface area (TPSA) is 38.9 Å². The van der Waals surface area contributed by atoms with Gasteiger partial charge in [-0.15, -0.1) is 0 Å². The second-order valence-corrected chi connectivity index (χ2v) is 14.5. The Morgan fingerprint density at radius 1 is 0.442 bits per heavy atom. The summed E-state index contributed by atoms with van der Waals surface area (Å²) in [4.78, 5) is 9.74. The van der Waals surface area contributed by atoms with E-state index in [-0.39, 0.29) is 6.71 Å². The first kappa shape index (κ1) is 31.9. The van der Waals surface area contributed by atoms with Crippen molar-refractivity contribution in [3.05, 3.63) is 161 Å². The fraction of sp³-hybridized carbons (Fsp3) is 0.125. The third kappa shape index (κ3) is 5.21. The lowest BCUT2D eigenvalue weighted by molar-refractivity contribution is 0.655. The van der Waals surface area contributed by atoms with Crippen LogP contribution in [0.25, 0.3) is 66.3 Å². The van der Waals surface area contributed by atoms with Crippen LogP contribution in [0.1, 0.15) is 33.4 Å². The van der Waals surface area contributed by atoms with E-state index in [0.717, 1.165) is 38.3 Å². The van der Waals surface area contributed by atoms with Crippen molar-refractivity contribution in [3.63, 3.8) is 0 Å². The zero-order valence-electron chi connectivity index (χ0n) is 30.5. The number of furan rings is 1. The standard InChI is InChI=1S/C48H39BN2O/c1-28-12-9-13-29(2)44(28)49(45-30(3)14-10-15-31(45)4)46-32(5)24-38(25-33(46)6)35-17-11-16-34(26-35)36-20-22-39-37(27-36)21-23-42-43(39)47-48(52-42)51-41-19-8-7-18-40(41)50-47/h7-27H,1-6H3. The van der Waals surface area contributed by atoms with E-state index >= 15 is 0 Å². The van der Waals surface area contributed by atoms with Crippen LogP contribution in [0.15, 0.2) is 132 Å². The second kappa shape index (κ2) is 12.3. The van der Waals surface area contributed by atoms with Gasteiger partial charge >= 0.3 is 0 Å². The van der Waals surface area contributed by atoms with Gasteiger partial charge in [0.2, 0.25) is 12.4 Å². The molecule has 250 valence electrons. The van der Waals surface area contributed by atoms with Gasteiger partial charge in [-0.3, -0.25) is 0 Å². The van der Waals surface area contributed by atoms with E-state index in [2.05, 4.69) is 139 Å². The number of para-hydroxylation sites is 2. The molecule has 0 aliphatic heterocycles. The summed E-state index contributed by atoms with van der Waals surface area (Å²) in [7, 11) is 0. The number of nitrogens with zero attached hydrogens (tertiary/aromatic N) is 2. The average molecular weight is 671 g/mol. The first-order valence-electron chi connectivity index (χ1n) is 18.1. The molecule has 0 saturated heterocycles. The number of aryl methyl sites for hydroxylation is 6. The molecule has 7 aromatic carbocycles. The van der Waals surface area contributed by atoms with E-state index in [4.69, 9.17) is 14.4 Å². The predicted octanol–water partition coefficient (Wildman–Crippen LogP) is 10.4. The van der Waals surface area contributed by atoms with Gasteiger partial charge in [-0.25, -0.2) is 9.97 Å². The Labute approximate surface area is 305 Å². The number of hydrogen-bond donors (Lipinski definition) is 0. The summed E-state index contributed by atoms with van der Waals surface area (Å²) in [6, 6.07) is 46.0. The lowest BCUT2D eigenvalue weighted by atomic mass is 9.33. The molecule has 0 bridgehead atoms. The Morgan fingerprint density at radius 3 is 1.62 bits per heavy atom. The summed E-state index contributed by atoms with van der Waals surface area (Å²) in [6.45, 7) is 13.8. The molecule has 2 heterocycles. The minimum atomic E-state index is 0.156. The Hall–Kier alpha value is -6.00. The smallest absolute Gasteiger partial charge is 0.246 e. The monoisotopic (exact) mass is 670 g/mol. The summed E-state index contributed by atoms with van der Waals surface area (Å²) in [6.07, 6.45) is 0. The van der Waals surface area contributed by atoms with Crippen molar-refractivity contribution in [3.8, 4) is 22.3 Å². The van der Waals surface area contributed by atoms with Gasteiger partial charge in [0.25, 0.3) is 0 Å². The van der Waals surface area contributed by atoms with Crippen LogP contribution < -0.4 is 16.4 Å². The lowest BCUT2D eigenvalue weighted by Crippen LogP contribution is -2.57.